The van der Waals surface area contributed by atoms with Gasteiger partial charge in [0, 0.05) is 42.2 Å². The number of halogens is 4. The van der Waals surface area contributed by atoms with Gasteiger partial charge in [0.25, 0.3) is 5.91 Å². The summed E-state index contributed by atoms with van der Waals surface area (Å²) in [6.45, 7) is 3.53. The molecule has 5 rings (SSSR count). The van der Waals surface area contributed by atoms with Crippen LogP contribution in [0.4, 0.5) is 23.2 Å². The molecule has 1 aliphatic rings. The average molecular weight is 667 g/mol. The number of likely N-dealkylation sites (N-methyl/N-ethyl adjacent to an activating group) is 1. The van der Waals surface area contributed by atoms with Crippen LogP contribution in [-0.2, 0) is 24.0 Å². The number of benzene rings is 3. The van der Waals surface area contributed by atoms with Crippen molar-refractivity contribution in [3.05, 3.63) is 101 Å². The van der Waals surface area contributed by atoms with Gasteiger partial charge in [-0.25, -0.2) is 9.37 Å². The Morgan fingerprint density at radius 3 is 2.40 bits per heavy atom. The molecule has 3 aromatic carbocycles. The molecule has 9 nitrogen and oxygen atoms in total. The lowest BCUT2D eigenvalue weighted by atomic mass is 10.0. The molecule has 48 heavy (non-hydrogen) atoms. The number of hydrogen-bond donors (Lipinski definition) is 2. The summed E-state index contributed by atoms with van der Waals surface area (Å²) in [5.41, 5.74) is 0.263. The highest BCUT2D eigenvalue weighted by Crippen LogP contribution is 2.34. The lowest BCUT2D eigenvalue weighted by Gasteiger charge is -2.36. The highest BCUT2D eigenvalue weighted by molar-refractivity contribution is 5.98. The number of ether oxygens (including phenoxy) is 3. The predicted octanol–water partition coefficient (Wildman–Crippen LogP) is 6.12. The van der Waals surface area contributed by atoms with E-state index >= 15 is 4.39 Å². The first-order chi connectivity index (χ1) is 22.9. The number of carbonyl (C=O) groups excluding carboxylic acids is 2. The van der Waals surface area contributed by atoms with E-state index in [1.54, 1.807) is 26.2 Å². The minimum Gasteiger partial charge on any atom is -0.497 e. The Hall–Kier alpha value is -5.17. The van der Waals surface area contributed by atoms with E-state index in [-0.39, 0.29) is 29.5 Å². The van der Waals surface area contributed by atoms with Gasteiger partial charge in [0.1, 0.15) is 23.9 Å². The maximum absolute atomic E-state index is 15.3. The third-order valence-electron chi connectivity index (χ3n) is 7.61. The zero-order valence-corrected chi connectivity index (χ0v) is 26.5. The zero-order chi connectivity index (χ0) is 34.4. The van der Waals surface area contributed by atoms with Gasteiger partial charge in [-0.2, -0.15) is 13.2 Å². The first-order valence-electron chi connectivity index (χ1n) is 15.1. The maximum atomic E-state index is 15.3. The number of hydrogen-bond acceptors (Lipinski definition) is 7. The van der Waals surface area contributed by atoms with Gasteiger partial charge < -0.3 is 29.7 Å². The third kappa shape index (κ3) is 8.59. The van der Waals surface area contributed by atoms with E-state index in [9.17, 15) is 22.8 Å². The standard InChI is InChI=1S/C35H34F4N4O5/c1-4-47-31-16-33(48-20-21-5-9-28(46-3)10-6-21)40-17-29(31)22-7-8-23(30(36)13-22)14-32(44)41-26-12-24(11-25(15-26)35(37,38)39)34(45)42-27-18-43(2)19-27/h5-13,15-17,27H,4,14,18-20H2,1-3H3,(H,41,44)(H,42,45). The smallest absolute Gasteiger partial charge is 0.416 e. The van der Waals surface area contributed by atoms with Crippen molar-refractivity contribution in [2.24, 2.45) is 0 Å². The first-order valence-corrected chi connectivity index (χ1v) is 15.1. The van der Waals surface area contributed by atoms with Gasteiger partial charge in [-0.05, 0) is 67.1 Å². The number of likely N-dealkylation sites (tertiary alicyclic amines) is 1. The molecule has 0 bridgehead atoms. The Bertz CT molecular complexity index is 1780. The van der Waals surface area contributed by atoms with Crippen molar-refractivity contribution in [3.8, 4) is 28.5 Å². The third-order valence-corrected chi connectivity index (χ3v) is 7.61. The summed E-state index contributed by atoms with van der Waals surface area (Å²) in [4.78, 5) is 31.8. The number of alkyl halides is 3. The number of nitrogens with zero attached hydrogens (tertiary/aromatic N) is 2. The molecule has 2 amide bonds. The van der Waals surface area contributed by atoms with Crippen LogP contribution in [0.15, 0.2) is 72.9 Å². The second kappa shape index (κ2) is 14.7. The molecule has 4 aromatic rings. The molecule has 1 fully saturated rings. The van der Waals surface area contributed by atoms with Crippen LogP contribution < -0.4 is 24.8 Å². The number of rotatable bonds is 12. The van der Waals surface area contributed by atoms with Crippen LogP contribution in [0.5, 0.6) is 17.4 Å². The van der Waals surface area contributed by atoms with Crippen LogP contribution in [0.2, 0.25) is 0 Å². The van der Waals surface area contributed by atoms with Crippen molar-refractivity contribution < 1.29 is 41.4 Å². The lowest BCUT2D eigenvalue weighted by molar-refractivity contribution is -0.137. The highest BCUT2D eigenvalue weighted by Gasteiger charge is 2.33. The molecule has 0 aliphatic carbocycles. The normalized spacial score (nSPS) is 13.4. The summed E-state index contributed by atoms with van der Waals surface area (Å²) in [5, 5.41) is 5.06. The van der Waals surface area contributed by atoms with E-state index < -0.39 is 35.8 Å². The summed E-state index contributed by atoms with van der Waals surface area (Å²) < 4.78 is 72.9. The Morgan fingerprint density at radius 1 is 1.00 bits per heavy atom. The average Bonchev–Trinajstić information content (AvgIpc) is 3.04. The van der Waals surface area contributed by atoms with Crippen LogP contribution >= 0.6 is 0 Å². The van der Waals surface area contributed by atoms with E-state index in [1.807, 2.05) is 36.2 Å². The summed E-state index contributed by atoms with van der Waals surface area (Å²) >= 11 is 0. The molecule has 2 heterocycles. The molecular weight excluding hydrogens is 632 g/mol. The number of methoxy groups -OCH3 is 1. The van der Waals surface area contributed by atoms with E-state index in [4.69, 9.17) is 14.2 Å². The number of carbonyl (C=O) groups is 2. The monoisotopic (exact) mass is 666 g/mol. The molecule has 13 heteroatoms. The minimum absolute atomic E-state index is 0.0145. The molecule has 0 spiro atoms. The van der Waals surface area contributed by atoms with Crippen LogP contribution in [0.25, 0.3) is 11.1 Å². The Labute approximate surface area is 274 Å². The van der Waals surface area contributed by atoms with Gasteiger partial charge in [0.2, 0.25) is 11.8 Å². The van der Waals surface area contributed by atoms with Crippen molar-refractivity contribution in [3.63, 3.8) is 0 Å². The van der Waals surface area contributed by atoms with Crippen LogP contribution in [0.1, 0.15) is 34.0 Å². The molecule has 0 saturated carbocycles. The number of nitrogens with one attached hydrogen (secondary N) is 2. The summed E-state index contributed by atoms with van der Waals surface area (Å²) in [5.74, 6) is -0.716. The van der Waals surface area contributed by atoms with E-state index in [1.165, 1.54) is 18.3 Å². The predicted molar refractivity (Wildman–Crippen MR) is 171 cm³/mol. The van der Waals surface area contributed by atoms with Gasteiger partial charge in [-0.1, -0.05) is 24.3 Å². The van der Waals surface area contributed by atoms with Crippen molar-refractivity contribution in [2.45, 2.75) is 32.2 Å². The van der Waals surface area contributed by atoms with E-state index in [0.29, 0.717) is 42.5 Å². The molecule has 1 aliphatic heterocycles. The summed E-state index contributed by atoms with van der Waals surface area (Å²) in [6.07, 6.45) is -3.72. The van der Waals surface area contributed by atoms with Gasteiger partial charge in [-0.15, -0.1) is 0 Å². The fourth-order valence-corrected chi connectivity index (χ4v) is 5.16. The van der Waals surface area contributed by atoms with Gasteiger partial charge in [-0.3, -0.25) is 9.59 Å². The quantitative estimate of drug-likeness (QED) is 0.176. The first kappa shape index (κ1) is 34.2. The van der Waals surface area contributed by atoms with Gasteiger partial charge in [0.05, 0.1) is 31.7 Å². The van der Waals surface area contributed by atoms with Crippen molar-refractivity contribution in [2.75, 3.05) is 39.2 Å². The number of pyridine rings is 1. The maximum Gasteiger partial charge on any atom is 0.416 e. The van der Waals surface area contributed by atoms with E-state index in [0.717, 1.165) is 29.5 Å². The zero-order valence-electron chi connectivity index (χ0n) is 26.5. The number of anilines is 1. The fourth-order valence-electron chi connectivity index (χ4n) is 5.16. The number of amides is 2. The molecule has 252 valence electrons. The van der Waals surface area contributed by atoms with Crippen molar-refractivity contribution >= 4 is 17.5 Å². The molecule has 1 aromatic heterocycles. The molecule has 1 saturated heterocycles. The number of aromatic nitrogens is 1. The van der Waals surface area contributed by atoms with Gasteiger partial charge in [0.15, 0.2) is 0 Å². The summed E-state index contributed by atoms with van der Waals surface area (Å²) in [7, 11) is 3.44. The van der Waals surface area contributed by atoms with Crippen LogP contribution in [0, 0.1) is 5.82 Å². The van der Waals surface area contributed by atoms with Gasteiger partial charge >= 0.3 is 6.18 Å². The fraction of sp³-hybridized carbons (Fsp3) is 0.286. The highest BCUT2D eigenvalue weighted by atomic mass is 19.4. The van der Waals surface area contributed by atoms with Crippen LogP contribution in [0.3, 0.4) is 0 Å². The Morgan fingerprint density at radius 2 is 1.75 bits per heavy atom. The topological polar surface area (TPSA) is 102 Å². The van der Waals surface area contributed by atoms with Crippen molar-refractivity contribution in [1.29, 1.82) is 0 Å². The molecule has 0 unspecified atom stereocenters. The van der Waals surface area contributed by atoms with Crippen molar-refractivity contribution in [1.82, 2.24) is 15.2 Å². The Balaban J connectivity index is 1.27. The molecule has 0 radical (unpaired) electrons. The largest absolute Gasteiger partial charge is 0.497 e. The molecule has 0 atom stereocenters. The lowest BCUT2D eigenvalue weighted by Crippen LogP contribution is -2.57. The summed E-state index contributed by atoms with van der Waals surface area (Å²) in [6, 6.07) is 15.7. The second-order valence-corrected chi connectivity index (χ2v) is 11.3. The van der Waals surface area contributed by atoms with E-state index in [2.05, 4.69) is 15.6 Å². The Kier molecular flexibility index (Phi) is 10.5. The second-order valence-electron chi connectivity index (χ2n) is 11.3. The molecule has 2 N–H and O–H groups in total. The van der Waals surface area contributed by atoms with Crippen LogP contribution in [-0.4, -0.2) is 61.6 Å². The SMILES string of the molecule is CCOc1cc(OCc2ccc(OC)cc2)ncc1-c1ccc(CC(=O)Nc2cc(C(=O)NC3CN(C)C3)cc(C(F)(F)F)c2)c(F)c1. The minimum atomic E-state index is -4.76. The molecular formula is C35H34F4N4O5.